The summed E-state index contributed by atoms with van der Waals surface area (Å²) in [5.74, 6) is 0.899. The zero-order valence-corrected chi connectivity index (χ0v) is 11.2. The number of hydrogen-bond acceptors (Lipinski definition) is 3. The summed E-state index contributed by atoms with van der Waals surface area (Å²) < 4.78 is 5.31. The number of rotatable bonds is 4. The maximum Gasteiger partial charge on any atom is 0.173 e. The molecule has 1 fully saturated rings. The number of Topliss-reactive ketones (excluding diaryl/α,β-unsaturated/α-hetero) is 1. The number of nitrogens with one attached hydrogen (secondary N) is 1. The lowest BCUT2D eigenvalue weighted by Gasteiger charge is -2.35. The Balaban J connectivity index is 2.33. The minimum absolute atomic E-state index is 0.217. The normalized spacial score (nSPS) is 23.7. The summed E-state index contributed by atoms with van der Waals surface area (Å²) in [5.41, 5.74) is 0.456. The van der Waals surface area contributed by atoms with Gasteiger partial charge in [-0.1, -0.05) is 19.1 Å². The van der Waals surface area contributed by atoms with Crippen LogP contribution in [0.25, 0.3) is 0 Å². The van der Waals surface area contributed by atoms with E-state index in [-0.39, 0.29) is 11.2 Å². The highest BCUT2D eigenvalue weighted by Crippen LogP contribution is 2.36. The number of carbonyl (C=O) groups is 1. The fraction of sp³-hybridized carbons (Fsp3) is 0.533. The third-order valence-corrected chi connectivity index (χ3v) is 3.98. The van der Waals surface area contributed by atoms with E-state index < -0.39 is 0 Å². The Morgan fingerprint density at radius 1 is 1.44 bits per heavy atom. The maximum atomic E-state index is 12.8. The van der Waals surface area contributed by atoms with E-state index >= 15 is 0 Å². The van der Waals surface area contributed by atoms with Crippen LogP contribution in [0.2, 0.25) is 0 Å². The van der Waals surface area contributed by atoms with Crippen LogP contribution >= 0.6 is 0 Å². The second kappa shape index (κ2) is 5.53. The lowest BCUT2D eigenvalue weighted by atomic mass is 9.72. The van der Waals surface area contributed by atoms with E-state index in [9.17, 15) is 4.79 Å². The molecule has 18 heavy (non-hydrogen) atoms. The lowest BCUT2D eigenvalue weighted by molar-refractivity contribution is 0.0727. The number of hydrogen-bond donors (Lipinski definition) is 1. The minimum Gasteiger partial charge on any atom is -0.496 e. The summed E-state index contributed by atoms with van der Waals surface area (Å²) in [7, 11) is 1.61. The molecule has 1 heterocycles. The Morgan fingerprint density at radius 2 is 2.22 bits per heavy atom. The van der Waals surface area contributed by atoms with Gasteiger partial charge in [0.1, 0.15) is 5.75 Å². The van der Waals surface area contributed by atoms with Crippen molar-refractivity contribution in [2.75, 3.05) is 20.2 Å². The molecule has 3 nitrogen and oxygen atoms in total. The molecule has 0 spiro atoms. The van der Waals surface area contributed by atoms with Crippen molar-refractivity contribution in [3.8, 4) is 5.75 Å². The van der Waals surface area contributed by atoms with Crippen LogP contribution < -0.4 is 10.1 Å². The van der Waals surface area contributed by atoms with E-state index in [0.717, 1.165) is 32.4 Å². The fourth-order valence-electron chi connectivity index (χ4n) is 2.74. The van der Waals surface area contributed by atoms with Crippen LogP contribution in [0.4, 0.5) is 0 Å². The molecular formula is C15H21NO2. The molecule has 1 N–H and O–H groups in total. The van der Waals surface area contributed by atoms with Crippen LogP contribution in [0.1, 0.15) is 36.5 Å². The minimum atomic E-state index is -0.257. The van der Waals surface area contributed by atoms with E-state index in [4.69, 9.17) is 4.74 Å². The third kappa shape index (κ3) is 2.27. The van der Waals surface area contributed by atoms with E-state index in [0.29, 0.717) is 11.3 Å². The van der Waals surface area contributed by atoms with Crippen molar-refractivity contribution in [1.82, 2.24) is 5.32 Å². The average Bonchev–Trinajstić information content (AvgIpc) is 2.47. The molecule has 0 radical (unpaired) electrons. The first kappa shape index (κ1) is 13.1. The molecule has 0 aliphatic carbocycles. The average molecular weight is 247 g/mol. The van der Waals surface area contributed by atoms with Crippen molar-refractivity contribution in [2.45, 2.75) is 26.2 Å². The molecule has 1 aliphatic rings. The van der Waals surface area contributed by atoms with Crippen molar-refractivity contribution < 1.29 is 9.53 Å². The molecule has 2 rings (SSSR count). The van der Waals surface area contributed by atoms with Crippen LogP contribution in [0.5, 0.6) is 5.75 Å². The highest BCUT2D eigenvalue weighted by Gasteiger charge is 2.39. The Labute approximate surface area is 109 Å². The Kier molecular flexibility index (Phi) is 4.02. The van der Waals surface area contributed by atoms with Gasteiger partial charge in [0, 0.05) is 12.0 Å². The largest absolute Gasteiger partial charge is 0.496 e. The van der Waals surface area contributed by atoms with Crippen LogP contribution in [-0.4, -0.2) is 26.0 Å². The molecule has 3 heteroatoms. The van der Waals surface area contributed by atoms with E-state index in [1.54, 1.807) is 7.11 Å². The van der Waals surface area contributed by atoms with Crippen molar-refractivity contribution in [3.05, 3.63) is 29.8 Å². The number of benzene rings is 1. The van der Waals surface area contributed by atoms with Crippen molar-refractivity contribution in [3.63, 3.8) is 0 Å². The highest BCUT2D eigenvalue weighted by atomic mass is 16.5. The van der Waals surface area contributed by atoms with Gasteiger partial charge in [0.2, 0.25) is 0 Å². The number of methoxy groups -OCH3 is 1. The van der Waals surface area contributed by atoms with Gasteiger partial charge in [-0.15, -0.1) is 0 Å². The summed E-state index contributed by atoms with van der Waals surface area (Å²) in [4.78, 5) is 12.8. The van der Waals surface area contributed by atoms with E-state index in [1.807, 2.05) is 24.3 Å². The zero-order chi connectivity index (χ0) is 13.0. The van der Waals surface area contributed by atoms with Gasteiger partial charge in [-0.25, -0.2) is 0 Å². The summed E-state index contributed by atoms with van der Waals surface area (Å²) in [6, 6.07) is 7.52. The van der Waals surface area contributed by atoms with E-state index in [1.165, 1.54) is 0 Å². The SMILES string of the molecule is CCC1(C(=O)c2ccccc2OC)CCCNC1. The second-order valence-electron chi connectivity index (χ2n) is 4.94. The van der Waals surface area contributed by atoms with Gasteiger partial charge in [-0.3, -0.25) is 4.79 Å². The molecule has 0 saturated carbocycles. The summed E-state index contributed by atoms with van der Waals surface area (Å²) in [5, 5.41) is 3.35. The van der Waals surface area contributed by atoms with Crippen molar-refractivity contribution in [2.24, 2.45) is 5.41 Å². The zero-order valence-electron chi connectivity index (χ0n) is 11.2. The molecular weight excluding hydrogens is 226 g/mol. The molecule has 1 aromatic carbocycles. The Hall–Kier alpha value is -1.35. The monoisotopic (exact) mass is 247 g/mol. The van der Waals surface area contributed by atoms with E-state index in [2.05, 4.69) is 12.2 Å². The first-order valence-corrected chi connectivity index (χ1v) is 6.62. The number of ether oxygens (including phenoxy) is 1. The Morgan fingerprint density at radius 3 is 2.83 bits per heavy atom. The first-order valence-electron chi connectivity index (χ1n) is 6.62. The van der Waals surface area contributed by atoms with Crippen LogP contribution in [0.3, 0.4) is 0 Å². The molecule has 0 aromatic heterocycles. The topological polar surface area (TPSA) is 38.3 Å². The van der Waals surface area contributed by atoms with Crippen LogP contribution in [0, 0.1) is 5.41 Å². The van der Waals surface area contributed by atoms with Gasteiger partial charge >= 0.3 is 0 Å². The maximum absolute atomic E-state index is 12.8. The third-order valence-electron chi connectivity index (χ3n) is 3.98. The summed E-state index contributed by atoms with van der Waals surface area (Å²) >= 11 is 0. The molecule has 0 amide bonds. The first-order chi connectivity index (χ1) is 8.73. The van der Waals surface area contributed by atoms with Gasteiger partial charge in [0.25, 0.3) is 0 Å². The van der Waals surface area contributed by atoms with Crippen LogP contribution in [-0.2, 0) is 0 Å². The number of piperidine rings is 1. The van der Waals surface area contributed by atoms with Gasteiger partial charge in [0.05, 0.1) is 12.7 Å². The quantitative estimate of drug-likeness (QED) is 0.831. The van der Waals surface area contributed by atoms with Gasteiger partial charge in [-0.2, -0.15) is 0 Å². The summed E-state index contributed by atoms with van der Waals surface area (Å²) in [6.07, 6.45) is 2.90. The molecule has 1 unspecified atom stereocenters. The number of carbonyl (C=O) groups excluding carboxylic acids is 1. The molecule has 1 atom stereocenters. The van der Waals surface area contributed by atoms with Crippen molar-refractivity contribution in [1.29, 1.82) is 0 Å². The second-order valence-corrected chi connectivity index (χ2v) is 4.94. The standard InChI is InChI=1S/C15H21NO2/c1-3-15(9-6-10-16-11-15)14(17)12-7-4-5-8-13(12)18-2/h4-5,7-8,16H,3,6,9-11H2,1-2H3. The van der Waals surface area contributed by atoms with Gasteiger partial charge < -0.3 is 10.1 Å². The predicted octanol–water partition coefficient (Wildman–Crippen LogP) is 2.66. The number of para-hydroxylation sites is 1. The molecule has 1 aromatic rings. The molecule has 98 valence electrons. The Bertz CT molecular complexity index is 422. The summed E-state index contributed by atoms with van der Waals surface area (Å²) in [6.45, 7) is 3.89. The smallest absolute Gasteiger partial charge is 0.173 e. The van der Waals surface area contributed by atoms with Crippen LogP contribution in [0.15, 0.2) is 24.3 Å². The molecule has 1 aliphatic heterocycles. The molecule has 1 saturated heterocycles. The molecule has 0 bridgehead atoms. The predicted molar refractivity (Wildman–Crippen MR) is 72.2 cm³/mol. The highest BCUT2D eigenvalue weighted by molar-refractivity contribution is 6.03. The van der Waals surface area contributed by atoms with Gasteiger partial charge in [-0.05, 0) is 37.9 Å². The van der Waals surface area contributed by atoms with Crippen molar-refractivity contribution >= 4 is 5.78 Å². The number of ketones is 1. The van der Waals surface area contributed by atoms with Gasteiger partial charge in [0.15, 0.2) is 5.78 Å². The fourth-order valence-corrected chi connectivity index (χ4v) is 2.74. The lowest BCUT2D eigenvalue weighted by Crippen LogP contribution is -2.45.